The highest BCUT2D eigenvalue weighted by Crippen LogP contribution is 2.27. The fourth-order valence-electron chi connectivity index (χ4n) is 3.87. The van der Waals surface area contributed by atoms with Gasteiger partial charge in [-0.2, -0.15) is 0 Å². The predicted octanol–water partition coefficient (Wildman–Crippen LogP) is 3.51. The van der Waals surface area contributed by atoms with Crippen LogP contribution in [0.25, 0.3) is 0 Å². The molecule has 2 saturated heterocycles. The minimum Gasteiger partial charge on any atom is -0.376 e. The van der Waals surface area contributed by atoms with E-state index >= 15 is 0 Å². The van der Waals surface area contributed by atoms with Crippen LogP contribution in [0.4, 0.5) is 16.2 Å². The Hall–Kier alpha value is -2.28. The number of carbonyl (C=O) groups is 2. The normalized spacial score (nSPS) is 19.1. The second kappa shape index (κ2) is 11.0. The Morgan fingerprint density at radius 3 is 2.69 bits per heavy atom. The van der Waals surface area contributed by atoms with Gasteiger partial charge in [0.1, 0.15) is 0 Å². The van der Waals surface area contributed by atoms with Crippen LogP contribution < -0.4 is 20.9 Å². The molecule has 0 saturated carbocycles. The van der Waals surface area contributed by atoms with Crippen LogP contribution in [-0.4, -0.2) is 50.8 Å². The van der Waals surface area contributed by atoms with Crippen LogP contribution in [-0.2, 0) is 4.74 Å². The van der Waals surface area contributed by atoms with Crippen molar-refractivity contribution >= 4 is 23.3 Å². The maximum atomic E-state index is 13.0. The van der Waals surface area contributed by atoms with Gasteiger partial charge in [-0.3, -0.25) is 4.79 Å². The molecule has 2 fully saturated rings. The molecular formula is C22H34N4O3. The smallest absolute Gasteiger partial charge is 0.319 e. The van der Waals surface area contributed by atoms with Crippen molar-refractivity contribution < 1.29 is 14.3 Å². The number of ether oxygens (including phenoxy) is 1. The van der Waals surface area contributed by atoms with Gasteiger partial charge < -0.3 is 25.6 Å². The second-order valence-corrected chi connectivity index (χ2v) is 7.86. The lowest BCUT2D eigenvalue weighted by atomic mass is 10.1. The molecule has 7 nitrogen and oxygen atoms in total. The van der Waals surface area contributed by atoms with Gasteiger partial charge in [-0.15, -0.1) is 0 Å². The van der Waals surface area contributed by atoms with E-state index in [2.05, 4.69) is 27.8 Å². The van der Waals surface area contributed by atoms with E-state index in [0.29, 0.717) is 24.3 Å². The number of nitrogens with one attached hydrogen (secondary N) is 3. The molecule has 2 heterocycles. The number of nitrogens with zero attached hydrogens (tertiary/aromatic N) is 1. The summed E-state index contributed by atoms with van der Waals surface area (Å²) in [5, 5.41) is 8.72. The first-order valence-corrected chi connectivity index (χ1v) is 11.0. The number of rotatable bonds is 8. The average Bonchev–Trinajstić information content (AvgIpc) is 3.26. The van der Waals surface area contributed by atoms with E-state index in [1.807, 2.05) is 12.1 Å². The van der Waals surface area contributed by atoms with Crippen molar-refractivity contribution in [2.75, 3.05) is 43.0 Å². The van der Waals surface area contributed by atoms with Crippen molar-refractivity contribution in [3.8, 4) is 0 Å². The molecule has 3 N–H and O–H groups in total. The molecular weight excluding hydrogens is 368 g/mol. The van der Waals surface area contributed by atoms with E-state index in [4.69, 9.17) is 4.74 Å². The molecule has 1 aromatic rings. The van der Waals surface area contributed by atoms with Crippen LogP contribution in [0.3, 0.4) is 0 Å². The highest BCUT2D eigenvalue weighted by Gasteiger charge is 2.21. The molecule has 0 aromatic heterocycles. The Morgan fingerprint density at radius 2 is 1.97 bits per heavy atom. The molecule has 160 valence electrons. The second-order valence-electron chi connectivity index (χ2n) is 7.86. The number of urea groups is 1. The first-order chi connectivity index (χ1) is 14.2. The quantitative estimate of drug-likeness (QED) is 0.581. The first-order valence-electron chi connectivity index (χ1n) is 11.0. The van der Waals surface area contributed by atoms with Gasteiger partial charge in [0.15, 0.2) is 0 Å². The summed E-state index contributed by atoms with van der Waals surface area (Å²) in [7, 11) is 0. The number of hydrogen-bond acceptors (Lipinski definition) is 4. The van der Waals surface area contributed by atoms with Gasteiger partial charge in [0.05, 0.1) is 11.7 Å². The number of unbranched alkanes of at least 4 members (excludes halogenated alkanes) is 1. The monoisotopic (exact) mass is 402 g/mol. The number of benzene rings is 1. The van der Waals surface area contributed by atoms with Crippen molar-refractivity contribution in [2.45, 2.75) is 58.0 Å². The van der Waals surface area contributed by atoms with Crippen molar-refractivity contribution in [3.63, 3.8) is 0 Å². The molecule has 1 unspecified atom stereocenters. The van der Waals surface area contributed by atoms with E-state index in [1.54, 1.807) is 6.07 Å². The lowest BCUT2D eigenvalue weighted by Crippen LogP contribution is -2.35. The molecule has 1 atom stereocenters. The van der Waals surface area contributed by atoms with E-state index in [1.165, 1.54) is 6.42 Å². The van der Waals surface area contributed by atoms with Crippen LogP contribution in [0.1, 0.15) is 62.2 Å². The fraction of sp³-hybridized carbons (Fsp3) is 0.636. The number of hydrogen-bond donors (Lipinski definition) is 3. The van der Waals surface area contributed by atoms with Crippen molar-refractivity contribution in [1.29, 1.82) is 0 Å². The van der Waals surface area contributed by atoms with E-state index in [0.717, 1.165) is 63.9 Å². The third kappa shape index (κ3) is 6.35. The van der Waals surface area contributed by atoms with Crippen LogP contribution in [0.15, 0.2) is 18.2 Å². The summed E-state index contributed by atoms with van der Waals surface area (Å²) < 4.78 is 5.62. The van der Waals surface area contributed by atoms with E-state index in [9.17, 15) is 9.59 Å². The molecule has 7 heteroatoms. The number of amides is 3. The summed E-state index contributed by atoms with van der Waals surface area (Å²) in [4.78, 5) is 27.4. The van der Waals surface area contributed by atoms with E-state index in [-0.39, 0.29) is 18.0 Å². The SMILES string of the molecule is CCCCNC(=O)Nc1ccc(N2CCCCC2)c(C(=O)NCC2CCCO2)c1. The van der Waals surface area contributed by atoms with Gasteiger partial charge in [0.25, 0.3) is 5.91 Å². The molecule has 2 aliphatic rings. The van der Waals surface area contributed by atoms with Gasteiger partial charge >= 0.3 is 6.03 Å². The molecule has 3 rings (SSSR count). The Morgan fingerprint density at radius 1 is 1.14 bits per heavy atom. The van der Waals surface area contributed by atoms with Gasteiger partial charge in [-0.25, -0.2) is 4.79 Å². The van der Waals surface area contributed by atoms with Gasteiger partial charge in [-0.05, 0) is 56.7 Å². The third-order valence-corrected chi connectivity index (χ3v) is 5.53. The molecule has 0 spiro atoms. The molecule has 2 aliphatic heterocycles. The molecule has 29 heavy (non-hydrogen) atoms. The number of piperidine rings is 1. The highest BCUT2D eigenvalue weighted by atomic mass is 16.5. The van der Waals surface area contributed by atoms with Crippen molar-refractivity contribution in [1.82, 2.24) is 10.6 Å². The van der Waals surface area contributed by atoms with Gasteiger partial charge in [0.2, 0.25) is 0 Å². The molecule has 0 radical (unpaired) electrons. The standard InChI is InChI=1S/C22H34N4O3/c1-2-3-11-23-22(28)25-17-9-10-20(26-12-5-4-6-13-26)19(15-17)21(27)24-16-18-8-7-14-29-18/h9-10,15,18H,2-8,11-14,16H2,1H3,(H,24,27)(H2,23,25,28). The summed E-state index contributed by atoms with van der Waals surface area (Å²) in [6.45, 7) is 5.93. The topological polar surface area (TPSA) is 82.7 Å². The molecule has 1 aromatic carbocycles. The minimum absolute atomic E-state index is 0.100. The summed E-state index contributed by atoms with van der Waals surface area (Å²) in [5.74, 6) is -0.115. The van der Waals surface area contributed by atoms with Crippen LogP contribution in [0, 0.1) is 0 Å². The zero-order valence-corrected chi connectivity index (χ0v) is 17.5. The summed E-state index contributed by atoms with van der Waals surface area (Å²) >= 11 is 0. The average molecular weight is 403 g/mol. The number of carbonyl (C=O) groups excluding carboxylic acids is 2. The van der Waals surface area contributed by atoms with Crippen molar-refractivity contribution in [2.24, 2.45) is 0 Å². The van der Waals surface area contributed by atoms with E-state index < -0.39 is 0 Å². The predicted molar refractivity (Wildman–Crippen MR) is 116 cm³/mol. The van der Waals surface area contributed by atoms with Crippen LogP contribution in [0.5, 0.6) is 0 Å². The lowest BCUT2D eigenvalue weighted by molar-refractivity contribution is 0.0858. The summed E-state index contributed by atoms with van der Waals surface area (Å²) in [5.41, 5.74) is 2.17. The fourth-order valence-corrected chi connectivity index (χ4v) is 3.87. The molecule has 0 aliphatic carbocycles. The van der Waals surface area contributed by atoms with Crippen LogP contribution >= 0.6 is 0 Å². The third-order valence-electron chi connectivity index (χ3n) is 5.53. The van der Waals surface area contributed by atoms with Gasteiger partial charge in [-0.1, -0.05) is 13.3 Å². The zero-order chi connectivity index (χ0) is 20.5. The van der Waals surface area contributed by atoms with Crippen molar-refractivity contribution in [3.05, 3.63) is 23.8 Å². The zero-order valence-electron chi connectivity index (χ0n) is 17.5. The Kier molecular flexibility index (Phi) is 8.16. The Labute approximate surface area is 173 Å². The highest BCUT2D eigenvalue weighted by molar-refractivity contribution is 6.02. The summed E-state index contributed by atoms with van der Waals surface area (Å²) in [6.07, 6.45) is 7.61. The lowest BCUT2D eigenvalue weighted by Gasteiger charge is -2.30. The molecule has 3 amide bonds. The minimum atomic E-state index is -0.241. The Bertz CT molecular complexity index is 683. The number of anilines is 2. The maximum absolute atomic E-state index is 13.0. The summed E-state index contributed by atoms with van der Waals surface area (Å²) in [6, 6.07) is 5.37. The largest absolute Gasteiger partial charge is 0.376 e. The van der Waals surface area contributed by atoms with Gasteiger partial charge in [0, 0.05) is 44.2 Å². The first kappa shape index (κ1) is 21.4. The molecule has 0 bridgehead atoms. The maximum Gasteiger partial charge on any atom is 0.319 e. The Balaban J connectivity index is 1.71. The van der Waals surface area contributed by atoms with Crippen LogP contribution in [0.2, 0.25) is 0 Å².